The number of hydrogen-bond acceptors (Lipinski definition) is 4. The predicted molar refractivity (Wildman–Crippen MR) is 181 cm³/mol. The molecule has 0 radical (unpaired) electrons. The number of nitrogens with one attached hydrogen (secondary N) is 1. The number of rotatable bonds is 13. The summed E-state index contributed by atoms with van der Waals surface area (Å²) in [6.07, 6.45) is 0.927. The molecule has 4 aromatic rings. The maximum atomic E-state index is 14.5. The van der Waals surface area contributed by atoms with Crippen LogP contribution in [0.4, 0.5) is 5.69 Å². The van der Waals surface area contributed by atoms with Crippen LogP contribution in [0.2, 0.25) is 10.0 Å². The van der Waals surface area contributed by atoms with Crippen LogP contribution in [-0.2, 0) is 32.6 Å². The molecule has 0 fully saturated rings. The number of carbonyl (C=O) groups excluding carboxylic acids is 2. The molecule has 7 nitrogen and oxygen atoms in total. The Labute approximate surface area is 275 Å². The molecule has 0 saturated heterocycles. The number of hydrogen-bond donors (Lipinski definition) is 1. The first kappa shape index (κ1) is 34.0. The smallest absolute Gasteiger partial charge is 0.264 e. The first-order valence-corrected chi connectivity index (χ1v) is 16.9. The van der Waals surface area contributed by atoms with Gasteiger partial charge in [0, 0.05) is 29.1 Å². The van der Waals surface area contributed by atoms with Crippen molar-refractivity contribution >= 4 is 50.7 Å². The minimum atomic E-state index is -4.21. The highest BCUT2D eigenvalue weighted by Crippen LogP contribution is 2.27. The summed E-state index contributed by atoms with van der Waals surface area (Å²) < 4.78 is 29.3. The van der Waals surface area contributed by atoms with Gasteiger partial charge in [0.05, 0.1) is 10.6 Å². The van der Waals surface area contributed by atoms with E-state index in [-0.39, 0.29) is 35.5 Å². The van der Waals surface area contributed by atoms with Crippen molar-refractivity contribution < 1.29 is 18.0 Å². The van der Waals surface area contributed by atoms with E-state index in [1.165, 1.54) is 23.1 Å². The molecule has 1 N–H and O–H groups in total. The average Bonchev–Trinajstić information content (AvgIpc) is 3.02. The molecule has 0 aliphatic rings. The van der Waals surface area contributed by atoms with Gasteiger partial charge in [-0.2, -0.15) is 0 Å². The van der Waals surface area contributed by atoms with Gasteiger partial charge >= 0.3 is 0 Å². The molecule has 4 aromatic carbocycles. The van der Waals surface area contributed by atoms with Gasteiger partial charge in [-0.15, -0.1) is 0 Å². The minimum Gasteiger partial charge on any atom is -0.352 e. The molecule has 45 heavy (non-hydrogen) atoms. The Kier molecular flexibility index (Phi) is 11.7. The van der Waals surface area contributed by atoms with E-state index in [2.05, 4.69) is 5.32 Å². The summed E-state index contributed by atoms with van der Waals surface area (Å²) in [7, 11) is -4.21. The molecule has 0 aliphatic carbocycles. The van der Waals surface area contributed by atoms with Crippen molar-refractivity contribution in [2.45, 2.75) is 57.1 Å². The van der Waals surface area contributed by atoms with Gasteiger partial charge in [-0.05, 0) is 73.9 Å². The van der Waals surface area contributed by atoms with Crippen LogP contribution in [0.1, 0.15) is 37.0 Å². The van der Waals surface area contributed by atoms with E-state index in [0.29, 0.717) is 16.5 Å². The van der Waals surface area contributed by atoms with E-state index >= 15 is 0 Å². The Balaban J connectivity index is 1.80. The van der Waals surface area contributed by atoms with Crippen LogP contribution < -0.4 is 9.62 Å². The summed E-state index contributed by atoms with van der Waals surface area (Å²) >= 11 is 12.4. The maximum absolute atomic E-state index is 14.5. The number of benzene rings is 4. The molecule has 10 heteroatoms. The largest absolute Gasteiger partial charge is 0.352 e. The second-order valence-electron chi connectivity index (χ2n) is 11.0. The summed E-state index contributed by atoms with van der Waals surface area (Å²) in [5.74, 6) is -0.882. The van der Waals surface area contributed by atoms with Crippen LogP contribution in [0.15, 0.2) is 108 Å². The Bertz CT molecular complexity index is 1700. The fourth-order valence-electron chi connectivity index (χ4n) is 4.78. The Morgan fingerprint density at radius 1 is 0.822 bits per heavy atom. The monoisotopic (exact) mass is 665 g/mol. The fraction of sp³-hybridized carbons (Fsp3) is 0.257. The summed E-state index contributed by atoms with van der Waals surface area (Å²) in [6, 6.07) is 28.1. The van der Waals surface area contributed by atoms with Gasteiger partial charge in [0.2, 0.25) is 11.8 Å². The summed E-state index contributed by atoms with van der Waals surface area (Å²) in [4.78, 5) is 29.9. The molecule has 4 rings (SSSR count). The number of anilines is 1. The van der Waals surface area contributed by atoms with Crippen LogP contribution >= 0.6 is 23.2 Å². The van der Waals surface area contributed by atoms with Crippen LogP contribution in [-0.4, -0.2) is 43.8 Å². The van der Waals surface area contributed by atoms with Crippen LogP contribution in [0.5, 0.6) is 0 Å². The Morgan fingerprint density at radius 3 is 2.11 bits per heavy atom. The normalized spacial score (nSPS) is 12.6. The number of amides is 2. The zero-order chi connectivity index (χ0) is 32.6. The predicted octanol–water partition coefficient (Wildman–Crippen LogP) is 7.05. The summed E-state index contributed by atoms with van der Waals surface area (Å²) in [5, 5.41) is 3.88. The first-order valence-electron chi connectivity index (χ1n) is 14.7. The van der Waals surface area contributed by atoms with E-state index in [0.717, 1.165) is 21.0 Å². The van der Waals surface area contributed by atoms with E-state index < -0.39 is 28.5 Å². The molecule has 0 aliphatic heterocycles. The van der Waals surface area contributed by atoms with E-state index in [1.807, 2.05) is 51.1 Å². The second kappa shape index (κ2) is 15.4. The standard InChI is InChI=1S/C35H37Cl2N3O4S/c1-4-26(3)38-35(42)33(21-27-9-6-5-7-10-27)39(23-28-15-17-29(36)18-16-28)34(41)24-40(31-12-8-11-30(37)22-31)45(43,44)32-19-13-25(2)14-20-32/h5-20,22,26,33H,4,21,23-24H2,1-3H3,(H,38,42)/t26-,33+/m1/s1. The van der Waals surface area contributed by atoms with Crippen LogP contribution in [0.3, 0.4) is 0 Å². The molecule has 0 spiro atoms. The molecular formula is C35H37Cl2N3O4S. The molecule has 0 bridgehead atoms. The van der Waals surface area contributed by atoms with Crippen molar-refractivity contribution in [3.8, 4) is 0 Å². The van der Waals surface area contributed by atoms with Gasteiger partial charge in [-0.25, -0.2) is 8.42 Å². The molecule has 0 aromatic heterocycles. The molecule has 0 unspecified atom stereocenters. The van der Waals surface area contributed by atoms with Crippen molar-refractivity contribution in [3.05, 3.63) is 130 Å². The highest BCUT2D eigenvalue weighted by atomic mass is 35.5. The Morgan fingerprint density at radius 2 is 1.49 bits per heavy atom. The van der Waals surface area contributed by atoms with Gasteiger partial charge in [0.15, 0.2) is 0 Å². The third-order valence-corrected chi connectivity index (χ3v) is 9.80. The van der Waals surface area contributed by atoms with Crippen molar-refractivity contribution in [1.29, 1.82) is 0 Å². The molecular weight excluding hydrogens is 629 g/mol. The topological polar surface area (TPSA) is 86.8 Å². The van der Waals surface area contributed by atoms with Gasteiger partial charge in [-0.3, -0.25) is 13.9 Å². The van der Waals surface area contributed by atoms with Crippen molar-refractivity contribution in [2.75, 3.05) is 10.8 Å². The number of sulfonamides is 1. The summed E-state index contributed by atoms with van der Waals surface area (Å²) in [6.45, 7) is 5.21. The van der Waals surface area contributed by atoms with Crippen molar-refractivity contribution in [1.82, 2.24) is 10.2 Å². The lowest BCUT2D eigenvalue weighted by Gasteiger charge is -2.34. The second-order valence-corrected chi connectivity index (χ2v) is 13.7. The number of aryl methyl sites for hydroxylation is 1. The summed E-state index contributed by atoms with van der Waals surface area (Å²) in [5.41, 5.74) is 2.71. The lowest BCUT2D eigenvalue weighted by molar-refractivity contribution is -0.140. The zero-order valence-electron chi connectivity index (χ0n) is 25.5. The molecule has 236 valence electrons. The van der Waals surface area contributed by atoms with E-state index in [4.69, 9.17) is 23.2 Å². The minimum absolute atomic E-state index is 0.0282. The molecule has 2 atom stereocenters. The molecule has 0 saturated carbocycles. The van der Waals surface area contributed by atoms with Gasteiger partial charge in [-0.1, -0.05) is 96.4 Å². The number of nitrogens with zero attached hydrogens (tertiary/aromatic N) is 2. The maximum Gasteiger partial charge on any atom is 0.264 e. The first-order chi connectivity index (χ1) is 21.5. The van der Waals surface area contributed by atoms with Crippen molar-refractivity contribution in [2.24, 2.45) is 0 Å². The van der Waals surface area contributed by atoms with Crippen LogP contribution in [0, 0.1) is 6.92 Å². The number of carbonyl (C=O) groups is 2. The van der Waals surface area contributed by atoms with E-state index in [1.54, 1.807) is 54.6 Å². The quantitative estimate of drug-likeness (QED) is 0.166. The van der Waals surface area contributed by atoms with Gasteiger partial charge in [0.25, 0.3) is 10.0 Å². The molecule has 0 heterocycles. The highest BCUT2D eigenvalue weighted by Gasteiger charge is 2.35. The van der Waals surface area contributed by atoms with E-state index in [9.17, 15) is 18.0 Å². The van der Waals surface area contributed by atoms with Crippen LogP contribution in [0.25, 0.3) is 0 Å². The lowest BCUT2D eigenvalue weighted by atomic mass is 10.0. The van der Waals surface area contributed by atoms with Gasteiger partial charge < -0.3 is 10.2 Å². The molecule has 2 amide bonds. The third kappa shape index (κ3) is 9.10. The van der Waals surface area contributed by atoms with Gasteiger partial charge in [0.1, 0.15) is 12.6 Å². The zero-order valence-corrected chi connectivity index (χ0v) is 27.8. The average molecular weight is 667 g/mol. The lowest BCUT2D eigenvalue weighted by Crippen LogP contribution is -2.54. The SMILES string of the molecule is CC[C@@H](C)NC(=O)[C@H](Cc1ccccc1)N(Cc1ccc(Cl)cc1)C(=O)CN(c1cccc(Cl)c1)S(=O)(=O)c1ccc(C)cc1. The third-order valence-electron chi connectivity index (χ3n) is 7.52. The fourth-order valence-corrected chi connectivity index (χ4v) is 6.50. The highest BCUT2D eigenvalue weighted by molar-refractivity contribution is 7.92. The van der Waals surface area contributed by atoms with Crippen molar-refractivity contribution in [3.63, 3.8) is 0 Å². The Hall–Kier alpha value is -3.85. The number of halogens is 2.